The molecule has 0 aliphatic carbocycles. The standard InChI is InChI=1S/C10H6BrCl3N2O2/c11-7-3-1-6(2-4-7)8(16-15)9(17)18-5-10(12,13)14/h1-4H,5H2. The zero-order valence-electron chi connectivity index (χ0n) is 8.74. The number of hydrogen-bond acceptors (Lipinski definition) is 2. The van der Waals surface area contributed by atoms with Crippen LogP contribution in [0.15, 0.2) is 28.7 Å². The van der Waals surface area contributed by atoms with E-state index in [0.717, 1.165) is 4.47 Å². The van der Waals surface area contributed by atoms with Crippen molar-refractivity contribution in [2.45, 2.75) is 3.79 Å². The Morgan fingerprint density at radius 1 is 1.33 bits per heavy atom. The predicted molar refractivity (Wildman–Crippen MR) is 73.1 cm³/mol. The summed E-state index contributed by atoms with van der Waals surface area (Å²) in [4.78, 5) is 14.5. The maximum atomic E-state index is 11.6. The first-order valence-corrected chi connectivity index (χ1v) is 6.48. The summed E-state index contributed by atoms with van der Waals surface area (Å²) in [5.41, 5.74) is 8.94. The molecule has 0 spiro atoms. The maximum Gasteiger partial charge on any atom is 0.422 e. The van der Waals surface area contributed by atoms with E-state index in [2.05, 4.69) is 20.7 Å². The van der Waals surface area contributed by atoms with Gasteiger partial charge in [0.2, 0.25) is 3.79 Å². The van der Waals surface area contributed by atoms with Crippen molar-refractivity contribution < 1.29 is 14.3 Å². The molecule has 8 heteroatoms. The molecule has 0 aliphatic rings. The van der Waals surface area contributed by atoms with Gasteiger partial charge in [-0.1, -0.05) is 50.7 Å². The van der Waals surface area contributed by atoms with Gasteiger partial charge in [-0.05, 0) is 24.3 Å². The average Bonchev–Trinajstić information content (AvgIpc) is 2.29. The fourth-order valence-corrected chi connectivity index (χ4v) is 1.47. The van der Waals surface area contributed by atoms with Gasteiger partial charge in [-0.15, -0.1) is 0 Å². The maximum absolute atomic E-state index is 11.6. The van der Waals surface area contributed by atoms with E-state index in [1.165, 1.54) is 0 Å². The first-order chi connectivity index (χ1) is 8.33. The number of nitrogens with zero attached hydrogens (tertiary/aromatic N) is 2. The topological polar surface area (TPSA) is 62.7 Å². The van der Waals surface area contributed by atoms with E-state index in [9.17, 15) is 4.79 Å². The van der Waals surface area contributed by atoms with Gasteiger partial charge in [0.15, 0.2) is 0 Å². The number of halogens is 4. The predicted octanol–water partition coefficient (Wildman–Crippen LogP) is 3.38. The highest BCUT2D eigenvalue weighted by atomic mass is 79.9. The second-order valence-corrected chi connectivity index (χ2v) is 6.58. The molecule has 0 heterocycles. The molecule has 0 aromatic heterocycles. The van der Waals surface area contributed by atoms with E-state index < -0.39 is 16.4 Å². The van der Waals surface area contributed by atoms with Gasteiger partial charge in [-0.3, -0.25) is 0 Å². The van der Waals surface area contributed by atoms with Gasteiger partial charge < -0.3 is 10.3 Å². The zero-order chi connectivity index (χ0) is 13.8. The van der Waals surface area contributed by atoms with Crippen LogP contribution in [-0.2, 0) is 9.53 Å². The van der Waals surface area contributed by atoms with Crippen molar-refractivity contribution in [2.24, 2.45) is 0 Å². The largest absolute Gasteiger partial charge is 0.452 e. The van der Waals surface area contributed by atoms with Crippen LogP contribution in [0.25, 0.3) is 5.53 Å². The van der Waals surface area contributed by atoms with Crippen molar-refractivity contribution in [3.63, 3.8) is 0 Å². The van der Waals surface area contributed by atoms with Crippen LogP contribution in [0.1, 0.15) is 5.56 Å². The minimum absolute atomic E-state index is 0.267. The van der Waals surface area contributed by atoms with Gasteiger partial charge in [-0.2, -0.15) is 4.79 Å². The molecule has 1 aromatic carbocycles. The van der Waals surface area contributed by atoms with E-state index in [4.69, 9.17) is 45.1 Å². The summed E-state index contributed by atoms with van der Waals surface area (Å²) in [5, 5.41) is 0. The summed E-state index contributed by atoms with van der Waals surface area (Å²) in [6.45, 7) is -0.438. The Morgan fingerprint density at radius 2 is 1.89 bits per heavy atom. The smallest absolute Gasteiger partial charge is 0.422 e. The fourth-order valence-electron chi connectivity index (χ4n) is 1.04. The molecule has 0 saturated heterocycles. The highest BCUT2D eigenvalue weighted by Gasteiger charge is 2.29. The lowest BCUT2D eigenvalue weighted by atomic mass is 10.1. The Kier molecular flexibility index (Phi) is 5.63. The van der Waals surface area contributed by atoms with Crippen LogP contribution in [0.3, 0.4) is 0 Å². The molecule has 4 nitrogen and oxygen atoms in total. The van der Waals surface area contributed by atoms with Crippen LogP contribution in [0.4, 0.5) is 0 Å². The summed E-state index contributed by atoms with van der Waals surface area (Å²) in [6.07, 6.45) is 0. The van der Waals surface area contributed by atoms with Crippen LogP contribution < -0.4 is 0 Å². The van der Waals surface area contributed by atoms with Gasteiger partial charge in [0.05, 0.1) is 5.56 Å². The van der Waals surface area contributed by atoms with Crippen LogP contribution >= 0.6 is 50.7 Å². The molecular weight excluding hydrogens is 366 g/mol. The first kappa shape index (κ1) is 15.5. The van der Waals surface area contributed by atoms with Crippen molar-refractivity contribution in [1.82, 2.24) is 0 Å². The van der Waals surface area contributed by atoms with Crippen LogP contribution in [0.5, 0.6) is 0 Å². The third-order valence-electron chi connectivity index (χ3n) is 1.78. The quantitative estimate of drug-likeness (QED) is 0.268. The number of benzene rings is 1. The van der Waals surface area contributed by atoms with Crippen molar-refractivity contribution in [1.29, 1.82) is 0 Å². The molecule has 0 bridgehead atoms. The van der Waals surface area contributed by atoms with E-state index in [-0.39, 0.29) is 5.71 Å². The summed E-state index contributed by atoms with van der Waals surface area (Å²) in [7, 11) is 0. The van der Waals surface area contributed by atoms with Crippen LogP contribution in [-0.4, -0.2) is 26.9 Å². The van der Waals surface area contributed by atoms with Crippen molar-refractivity contribution in [2.75, 3.05) is 6.61 Å². The lowest BCUT2D eigenvalue weighted by Crippen LogP contribution is -2.24. The summed E-state index contributed by atoms with van der Waals surface area (Å²) >= 11 is 19.6. The number of carbonyl (C=O) groups is 1. The number of alkyl halides is 3. The lowest BCUT2D eigenvalue weighted by Gasteiger charge is -2.09. The van der Waals surface area contributed by atoms with Gasteiger partial charge >= 0.3 is 11.7 Å². The minimum atomic E-state index is -1.71. The number of ether oxygens (including phenoxy) is 1. The molecule has 1 rings (SSSR count). The van der Waals surface area contributed by atoms with Crippen molar-refractivity contribution in [3.8, 4) is 0 Å². The SMILES string of the molecule is [N-]=[N+]=C(C(=O)OCC(Cl)(Cl)Cl)c1ccc(Br)cc1. The van der Waals surface area contributed by atoms with E-state index in [1.54, 1.807) is 24.3 Å². The molecule has 0 unspecified atom stereocenters. The van der Waals surface area contributed by atoms with Gasteiger partial charge in [-0.25, -0.2) is 4.79 Å². The lowest BCUT2D eigenvalue weighted by molar-refractivity contribution is -0.139. The van der Waals surface area contributed by atoms with Gasteiger partial charge in [0.25, 0.3) is 0 Å². The van der Waals surface area contributed by atoms with Gasteiger partial charge in [0.1, 0.15) is 6.61 Å². The fraction of sp³-hybridized carbons (Fsp3) is 0.200. The molecule has 0 N–H and O–H groups in total. The molecule has 18 heavy (non-hydrogen) atoms. The molecule has 1 aromatic rings. The third-order valence-corrected chi connectivity index (χ3v) is 2.63. The monoisotopic (exact) mass is 370 g/mol. The van der Waals surface area contributed by atoms with Crippen LogP contribution in [0.2, 0.25) is 0 Å². The number of hydrogen-bond donors (Lipinski definition) is 0. The third kappa shape index (κ3) is 4.96. The molecular formula is C10H6BrCl3N2O2. The number of rotatable bonds is 3. The Morgan fingerprint density at radius 3 is 2.33 bits per heavy atom. The summed E-state index contributed by atoms with van der Waals surface area (Å²) in [6, 6.07) is 6.52. The van der Waals surface area contributed by atoms with Crippen molar-refractivity contribution >= 4 is 62.4 Å². The molecule has 0 atom stereocenters. The highest BCUT2D eigenvalue weighted by molar-refractivity contribution is 9.10. The zero-order valence-corrected chi connectivity index (χ0v) is 12.6. The Balaban J connectivity index is 2.82. The normalized spacial score (nSPS) is 10.7. The molecule has 96 valence electrons. The molecule has 0 amide bonds. The van der Waals surface area contributed by atoms with Crippen molar-refractivity contribution in [3.05, 3.63) is 39.8 Å². The summed E-state index contributed by atoms with van der Waals surface area (Å²) < 4.78 is 3.81. The Hall–Kier alpha value is -0.580. The molecule has 0 aliphatic heterocycles. The summed E-state index contributed by atoms with van der Waals surface area (Å²) in [5.74, 6) is -0.883. The Labute approximate surface area is 127 Å². The average molecular weight is 372 g/mol. The van der Waals surface area contributed by atoms with E-state index in [0.29, 0.717) is 5.56 Å². The number of carbonyl (C=O) groups excluding carboxylic acids is 1. The molecule has 0 radical (unpaired) electrons. The van der Waals surface area contributed by atoms with Gasteiger partial charge in [0, 0.05) is 4.47 Å². The molecule has 0 saturated carbocycles. The molecule has 0 fully saturated rings. The van der Waals surface area contributed by atoms with E-state index in [1.807, 2.05) is 0 Å². The Bertz CT molecular complexity index is 493. The first-order valence-electron chi connectivity index (χ1n) is 4.55. The number of esters is 1. The van der Waals surface area contributed by atoms with E-state index >= 15 is 0 Å². The minimum Gasteiger partial charge on any atom is -0.452 e. The second kappa shape index (κ2) is 6.55. The highest BCUT2D eigenvalue weighted by Crippen LogP contribution is 2.26. The second-order valence-electron chi connectivity index (χ2n) is 3.15. The van der Waals surface area contributed by atoms with Crippen LogP contribution in [0, 0.1) is 0 Å².